The minimum Gasteiger partial charge on any atom is -0.494 e. The number of carbonyl (C=O) groups is 1. The van der Waals surface area contributed by atoms with E-state index in [1.54, 1.807) is 12.1 Å². The van der Waals surface area contributed by atoms with Crippen LogP contribution in [0.3, 0.4) is 0 Å². The van der Waals surface area contributed by atoms with Crippen LogP contribution in [0.15, 0.2) is 36.4 Å². The quantitative estimate of drug-likeness (QED) is 0.854. The summed E-state index contributed by atoms with van der Waals surface area (Å²) in [5.74, 6) is -0.950. The van der Waals surface area contributed by atoms with Crippen molar-refractivity contribution in [1.29, 1.82) is 0 Å². The normalized spacial score (nSPS) is 10.2. The summed E-state index contributed by atoms with van der Waals surface area (Å²) in [6.07, 6.45) is 0. The summed E-state index contributed by atoms with van der Waals surface area (Å²) in [7, 11) is 1.33. The largest absolute Gasteiger partial charge is 0.494 e. The Morgan fingerprint density at radius 2 is 2.05 bits per heavy atom. The lowest BCUT2D eigenvalue weighted by Crippen LogP contribution is -2.13. The van der Waals surface area contributed by atoms with E-state index in [4.69, 9.17) is 22.1 Å². The van der Waals surface area contributed by atoms with E-state index >= 15 is 0 Å². The molecule has 0 unspecified atom stereocenters. The van der Waals surface area contributed by atoms with Gasteiger partial charge in [-0.25, -0.2) is 4.39 Å². The Kier molecular flexibility index (Phi) is 4.10. The summed E-state index contributed by atoms with van der Waals surface area (Å²) in [4.78, 5) is 12.1. The molecule has 0 radical (unpaired) electrons. The van der Waals surface area contributed by atoms with Crippen molar-refractivity contribution in [2.45, 2.75) is 0 Å². The summed E-state index contributed by atoms with van der Waals surface area (Å²) in [6.45, 7) is 0. The standard InChI is InChI=1S/C14H12ClFN2O2/c1-20-13-6-8(2-4-10(13)16)14(19)18-12-5-3-9(15)7-11(12)17/h2-7H,17H2,1H3,(H,18,19). The van der Waals surface area contributed by atoms with Gasteiger partial charge in [0.2, 0.25) is 0 Å². The molecule has 0 aliphatic heterocycles. The molecule has 4 nitrogen and oxygen atoms in total. The highest BCUT2D eigenvalue weighted by molar-refractivity contribution is 6.31. The molecule has 0 bridgehead atoms. The number of halogens is 2. The zero-order chi connectivity index (χ0) is 14.7. The van der Waals surface area contributed by atoms with Gasteiger partial charge in [0.15, 0.2) is 11.6 Å². The summed E-state index contributed by atoms with van der Waals surface area (Å²) in [5, 5.41) is 3.10. The molecule has 1 amide bonds. The first kappa shape index (κ1) is 14.1. The van der Waals surface area contributed by atoms with Gasteiger partial charge in [-0.1, -0.05) is 11.6 Å². The van der Waals surface area contributed by atoms with Crippen LogP contribution in [-0.2, 0) is 0 Å². The van der Waals surface area contributed by atoms with Crippen LogP contribution in [0, 0.1) is 5.82 Å². The smallest absolute Gasteiger partial charge is 0.255 e. The van der Waals surface area contributed by atoms with Gasteiger partial charge in [-0.05, 0) is 36.4 Å². The van der Waals surface area contributed by atoms with E-state index in [1.165, 1.54) is 31.4 Å². The maximum atomic E-state index is 13.3. The maximum absolute atomic E-state index is 13.3. The molecule has 104 valence electrons. The second kappa shape index (κ2) is 5.79. The number of amides is 1. The Bertz CT molecular complexity index is 662. The van der Waals surface area contributed by atoms with Crippen molar-refractivity contribution in [3.8, 4) is 5.75 Å². The lowest BCUT2D eigenvalue weighted by atomic mass is 10.2. The van der Waals surface area contributed by atoms with Gasteiger partial charge < -0.3 is 15.8 Å². The van der Waals surface area contributed by atoms with Gasteiger partial charge in [0.1, 0.15) is 0 Å². The molecule has 0 aliphatic rings. The van der Waals surface area contributed by atoms with Crippen molar-refractivity contribution in [1.82, 2.24) is 0 Å². The Balaban J connectivity index is 2.24. The van der Waals surface area contributed by atoms with Gasteiger partial charge >= 0.3 is 0 Å². The fourth-order valence-electron chi connectivity index (χ4n) is 1.64. The molecule has 0 heterocycles. The van der Waals surface area contributed by atoms with Crippen molar-refractivity contribution in [3.63, 3.8) is 0 Å². The minimum absolute atomic E-state index is 0.00160. The highest BCUT2D eigenvalue weighted by Crippen LogP contribution is 2.24. The summed E-state index contributed by atoms with van der Waals surface area (Å²) in [5.41, 5.74) is 6.79. The van der Waals surface area contributed by atoms with E-state index in [0.717, 1.165) is 0 Å². The van der Waals surface area contributed by atoms with Crippen molar-refractivity contribution in [2.24, 2.45) is 0 Å². The monoisotopic (exact) mass is 294 g/mol. The number of hydrogen-bond acceptors (Lipinski definition) is 3. The number of anilines is 2. The predicted octanol–water partition coefficient (Wildman–Crippen LogP) is 3.32. The van der Waals surface area contributed by atoms with E-state index in [1.807, 2.05) is 0 Å². The second-order valence-corrected chi connectivity index (χ2v) is 4.47. The first-order valence-electron chi connectivity index (χ1n) is 5.71. The molecule has 3 N–H and O–H groups in total. The number of nitrogens with one attached hydrogen (secondary N) is 1. The fourth-order valence-corrected chi connectivity index (χ4v) is 1.82. The van der Waals surface area contributed by atoms with Crippen LogP contribution in [0.1, 0.15) is 10.4 Å². The third kappa shape index (κ3) is 3.00. The molecule has 0 fully saturated rings. The number of nitrogen functional groups attached to an aromatic ring is 1. The molecule has 2 rings (SSSR count). The molecular weight excluding hydrogens is 283 g/mol. The Morgan fingerprint density at radius 3 is 2.70 bits per heavy atom. The van der Waals surface area contributed by atoms with E-state index in [-0.39, 0.29) is 11.3 Å². The average molecular weight is 295 g/mol. The number of benzene rings is 2. The number of carbonyl (C=O) groups excluding carboxylic acids is 1. The number of ether oxygens (including phenoxy) is 1. The number of nitrogens with two attached hydrogens (primary N) is 1. The number of rotatable bonds is 3. The first-order chi connectivity index (χ1) is 9.51. The van der Waals surface area contributed by atoms with Gasteiger partial charge in [0.25, 0.3) is 5.91 Å². The van der Waals surface area contributed by atoms with E-state index in [9.17, 15) is 9.18 Å². The molecule has 0 aromatic heterocycles. The summed E-state index contributed by atoms with van der Waals surface area (Å²) >= 11 is 5.78. The minimum atomic E-state index is -0.532. The van der Waals surface area contributed by atoms with Crippen molar-refractivity contribution < 1.29 is 13.9 Å². The van der Waals surface area contributed by atoms with Crippen LogP contribution in [0.25, 0.3) is 0 Å². The molecule has 0 spiro atoms. The Labute approximate surface area is 120 Å². The van der Waals surface area contributed by atoms with Gasteiger partial charge in [0.05, 0.1) is 18.5 Å². The SMILES string of the molecule is COc1cc(C(=O)Nc2ccc(Cl)cc2N)ccc1F. The Morgan fingerprint density at radius 1 is 1.30 bits per heavy atom. The van der Waals surface area contributed by atoms with Crippen LogP contribution in [0.4, 0.5) is 15.8 Å². The highest BCUT2D eigenvalue weighted by atomic mass is 35.5. The molecule has 6 heteroatoms. The van der Waals surface area contributed by atoms with Crippen LogP contribution < -0.4 is 15.8 Å². The van der Waals surface area contributed by atoms with Crippen LogP contribution in [-0.4, -0.2) is 13.0 Å². The van der Waals surface area contributed by atoms with Crippen LogP contribution >= 0.6 is 11.6 Å². The molecule has 0 saturated carbocycles. The number of methoxy groups -OCH3 is 1. The van der Waals surface area contributed by atoms with Crippen molar-refractivity contribution in [2.75, 3.05) is 18.2 Å². The van der Waals surface area contributed by atoms with E-state index in [0.29, 0.717) is 16.4 Å². The van der Waals surface area contributed by atoms with Crippen LogP contribution in [0.5, 0.6) is 5.75 Å². The number of hydrogen-bond donors (Lipinski definition) is 2. The molecule has 0 saturated heterocycles. The van der Waals surface area contributed by atoms with Gasteiger partial charge in [-0.3, -0.25) is 4.79 Å². The average Bonchev–Trinajstić information content (AvgIpc) is 2.42. The molecule has 2 aromatic carbocycles. The van der Waals surface area contributed by atoms with Crippen molar-refractivity contribution >= 4 is 28.9 Å². The summed E-state index contributed by atoms with van der Waals surface area (Å²) < 4.78 is 18.1. The topological polar surface area (TPSA) is 64.3 Å². The van der Waals surface area contributed by atoms with Crippen molar-refractivity contribution in [3.05, 3.63) is 52.8 Å². The van der Waals surface area contributed by atoms with E-state index in [2.05, 4.69) is 5.32 Å². The van der Waals surface area contributed by atoms with Gasteiger partial charge in [-0.2, -0.15) is 0 Å². The molecular formula is C14H12ClFN2O2. The zero-order valence-electron chi connectivity index (χ0n) is 10.6. The molecule has 20 heavy (non-hydrogen) atoms. The first-order valence-corrected chi connectivity index (χ1v) is 6.09. The van der Waals surface area contributed by atoms with Gasteiger partial charge in [-0.15, -0.1) is 0 Å². The molecule has 0 aliphatic carbocycles. The third-order valence-corrected chi connectivity index (χ3v) is 2.91. The van der Waals surface area contributed by atoms with Gasteiger partial charge in [0, 0.05) is 10.6 Å². The maximum Gasteiger partial charge on any atom is 0.255 e. The lowest BCUT2D eigenvalue weighted by Gasteiger charge is -2.09. The Hall–Kier alpha value is -2.27. The molecule has 0 atom stereocenters. The van der Waals surface area contributed by atoms with Crippen LogP contribution in [0.2, 0.25) is 5.02 Å². The highest BCUT2D eigenvalue weighted by Gasteiger charge is 2.11. The lowest BCUT2D eigenvalue weighted by molar-refractivity contribution is 0.102. The van der Waals surface area contributed by atoms with E-state index < -0.39 is 11.7 Å². The summed E-state index contributed by atoms with van der Waals surface area (Å²) in [6, 6.07) is 8.58. The fraction of sp³-hybridized carbons (Fsp3) is 0.0714. The third-order valence-electron chi connectivity index (χ3n) is 2.68. The predicted molar refractivity (Wildman–Crippen MR) is 76.8 cm³/mol. The second-order valence-electron chi connectivity index (χ2n) is 4.04. The zero-order valence-corrected chi connectivity index (χ0v) is 11.4. The molecule has 2 aromatic rings.